The van der Waals surface area contributed by atoms with Gasteiger partial charge in [0.1, 0.15) is 28.9 Å². The van der Waals surface area contributed by atoms with Crippen LogP contribution in [0.3, 0.4) is 0 Å². The van der Waals surface area contributed by atoms with E-state index in [0.29, 0.717) is 23.7 Å². The monoisotopic (exact) mass is 501 g/mol. The number of ether oxygens (including phenoxy) is 4. The third-order valence-corrected chi connectivity index (χ3v) is 5.49. The van der Waals surface area contributed by atoms with Crippen molar-refractivity contribution in [3.63, 3.8) is 0 Å². The average molecular weight is 501 g/mol. The lowest BCUT2D eigenvalue weighted by molar-refractivity contribution is -0.385. The second-order valence-electron chi connectivity index (χ2n) is 8.03. The van der Waals surface area contributed by atoms with E-state index in [4.69, 9.17) is 24.7 Å². The molecule has 0 radical (unpaired) electrons. The molecule has 0 spiro atoms. The topological polar surface area (TPSA) is 147 Å². The molecule has 0 fully saturated rings. The average Bonchev–Trinajstić information content (AvgIpc) is 2.90. The summed E-state index contributed by atoms with van der Waals surface area (Å²) in [7, 11) is 0. The van der Waals surface area contributed by atoms with Crippen molar-refractivity contribution in [2.45, 2.75) is 19.3 Å². The van der Waals surface area contributed by atoms with E-state index in [2.05, 4.69) is 6.07 Å². The zero-order valence-corrected chi connectivity index (χ0v) is 19.9. The second kappa shape index (κ2) is 11.1. The van der Waals surface area contributed by atoms with Gasteiger partial charge in [0.25, 0.3) is 0 Å². The normalized spacial score (nSPS) is 14.1. The van der Waals surface area contributed by atoms with Crippen molar-refractivity contribution in [2.24, 2.45) is 5.73 Å². The van der Waals surface area contributed by atoms with Gasteiger partial charge in [-0.25, -0.2) is 4.79 Å². The highest BCUT2D eigenvalue weighted by Gasteiger charge is 2.31. The molecule has 1 aliphatic heterocycles. The summed E-state index contributed by atoms with van der Waals surface area (Å²) in [6, 6.07) is 20.0. The molecule has 1 aliphatic rings. The predicted molar refractivity (Wildman–Crippen MR) is 132 cm³/mol. The standard InChI is InChI=1S/C27H23N3O7/c1-2-12-34-18-7-5-6-17(13-18)26-20-11-10-19(14-24(20)37-27(29)21(26)15-28)36-25(31)16-35-23-9-4-3-8-22(23)30(32)33/h3-11,13-14,26H,2,12,16,29H2,1H3. The number of benzene rings is 3. The van der Waals surface area contributed by atoms with Crippen LogP contribution in [-0.4, -0.2) is 24.1 Å². The summed E-state index contributed by atoms with van der Waals surface area (Å²) in [5.74, 6) is -0.227. The number of nitro groups is 1. The summed E-state index contributed by atoms with van der Waals surface area (Å²) in [4.78, 5) is 22.9. The smallest absolute Gasteiger partial charge is 0.349 e. The Balaban J connectivity index is 1.54. The Labute approximate surface area is 212 Å². The summed E-state index contributed by atoms with van der Waals surface area (Å²) < 4.78 is 22.0. The van der Waals surface area contributed by atoms with E-state index in [0.717, 1.165) is 12.0 Å². The van der Waals surface area contributed by atoms with Gasteiger partial charge in [-0.1, -0.05) is 37.3 Å². The summed E-state index contributed by atoms with van der Waals surface area (Å²) in [5, 5.41) is 20.9. The fourth-order valence-corrected chi connectivity index (χ4v) is 3.87. The summed E-state index contributed by atoms with van der Waals surface area (Å²) in [6.07, 6.45) is 0.857. The lowest BCUT2D eigenvalue weighted by atomic mass is 9.83. The molecule has 0 aromatic heterocycles. The van der Waals surface area contributed by atoms with E-state index in [1.807, 2.05) is 31.2 Å². The SMILES string of the molecule is CCCOc1cccc(C2C(C#N)=C(N)Oc3cc(OC(=O)COc4ccccc4[N+](=O)[O-])ccc32)c1. The fourth-order valence-electron chi connectivity index (χ4n) is 3.87. The van der Waals surface area contributed by atoms with Crippen LogP contribution in [0.25, 0.3) is 0 Å². The van der Waals surface area contributed by atoms with Crippen molar-refractivity contribution in [1.82, 2.24) is 0 Å². The minimum absolute atomic E-state index is 0.0480. The number of carbonyl (C=O) groups excluding carboxylic acids is 1. The maximum atomic E-state index is 12.4. The van der Waals surface area contributed by atoms with Gasteiger partial charge < -0.3 is 24.7 Å². The van der Waals surface area contributed by atoms with Crippen LogP contribution in [0.2, 0.25) is 0 Å². The third-order valence-electron chi connectivity index (χ3n) is 5.49. The van der Waals surface area contributed by atoms with Crippen LogP contribution in [0.1, 0.15) is 30.4 Å². The van der Waals surface area contributed by atoms with Gasteiger partial charge in [-0.15, -0.1) is 0 Å². The molecule has 0 aliphatic carbocycles. The Morgan fingerprint density at radius 1 is 1.11 bits per heavy atom. The number of allylic oxidation sites excluding steroid dienone is 1. The fraction of sp³-hybridized carbons (Fsp3) is 0.185. The Morgan fingerprint density at radius 2 is 1.92 bits per heavy atom. The maximum absolute atomic E-state index is 12.4. The number of nitro benzene ring substituents is 1. The molecule has 10 heteroatoms. The molecule has 0 bridgehead atoms. The number of fused-ring (bicyclic) bond motifs is 1. The lowest BCUT2D eigenvalue weighted by Gasteiger charge is -2.27. The van der Waals surface area contributed by atoms with E-state index in [1.165, 1.54) is 24.3 Å². The molecule has 1 atom stereocenters. The number of esters is 1. The first kappa shape index (κ1) is 25.1. The molecule has 188 valence electrons. The van der Waals surface area contributed by atoms with Gasteiger partial charge in [0.05, 0.1) is 17.4 Å². The molecule has 2 N–H and O–H groups in total. The van der Waals surface area contributed by atoms with Crippen LogP contribution in [0, 0.1) is 21.4 Å². The number of hydrogen-bond donors (Lipinski definition) is 1. The van der Waals surface area contributed by atoms with Gasteiger partial charge in [-0.05, 0) is 36.2 Å². The van der Waals surface area contributed by atoms with Crippen molar-refractivity contribution < 1.29 is 28.7 Å². The molecule has 10 nitrogen and oxygen atoms in total. The molecule has 0 saturated carbocycles. The molecule has 4 rings (SSSR count). The van der Waals surface area contributed by atoms with Crippen molar-refractivity contribution >= 4 is 11.7 Å². The van der Waals surface area contributed by atoms with E-state index < -0.39 is 23.4 Å². The van der Waals surface area contributed by atoms with Gasteiger partial charge >= 0.3 is 11.7 Å². The molecule has 0 amide bonds. The first-order valence-electron chi connectivity index (χ1n) is 11.4. The van der Waals surface area contributed by atoms with Gasteiger partial charge in [-0.2, -0.15) is 5.26 Å². The van der Waals surface area contributed by atoms with Crippen LogP contribution in [-0.2, 0) is 4.79 Å². The van der Waals surface area contributed by atoms with E-state index in [9.17, 15) is 20.2 Å². The molecular weight excluding hydrogens is 478 g/mol. The van der Waals surface area contributed by atoms with Crippen molar-refractivity contribution in [3.8, 4) is 29.1 Å². The number of para-hydroxylation sites is 2. The highest BCUT2D eigenvalue weighted by Crippen LogP contribution is 2.44. The van der Waals surface area contributed by atoms with Gasteiger partial charge in [0, 0.05) is 17.7 Å². The van der Waals surface area contributed by atoms with E-state index in [1.54, 1.807) is 18.2 Å². The van der Waals surface area contributed by atoms with Gasteiger partial charge in [-0.3, -0.25) is 10.1 Å². The van der Waals surface area contributed by atoms with Gasteiger partial charge in [0.15, 0.2) is 12.4 Å². The zero-order valence-electron chi connectivity index (χ0n) is 19.9. The Morgan fingerprint density at radius 3 is 2.68 bits per heavy atom. The Hall–Kier alpha value is -5.04. The first-order valence-corrected chi connectivity index (χ1v) is 11.4. The minimum atomic E-state index is -0.771. The van der Waals surface area contributed by atoms with Crippen molar-refractivity contribution in [1.29, 1.82) is 5.26 Å². The number of rotatable bonds is 9. The summed E-state index contributed by atoms with van der Waals surface area (Å²) >= 11 is 0. The zero-order chi connectivity index (χ0) is 26.4. The Bertz CT molecular complexity index is 1410. The summed E-state index contributed by atoms with van der Waals surface area (Å²) in [6.45, 7) is 2.03. The number of carbonyl (C=O) groups is 1. The largest absolute Gasteiger partial charge is 0.494 e. The maximum Gasteiger partial charge on any atom is 0.349 e. The van der Waals surface area contributed by atoms with E-state index in [-0.39, 0.29) is 28.6 Å². The van der Waals surface area contributed by atoms with Crippen LogP contribution >= 0.6 is 0 Å². The summed E-state index contributed by atoms with van der Waals surface area (Å²) in [5.41, 5.74) is 7.52. The molecule has 37 heavy (non-hydrogen) atoms. The Kier molecular flexibility index (Phi) is 7.54. The number of hydrogen-bond acceptors (Lipinski definition) is 9. The third kappa shape index (κ3) is 5.62. The molecule has 0 saturated heterocycles. The first-order chi connectivity index (χ1) is 17.9. The molecular formula is C27H23N3O7. The van der Waals surface area contributed by atoms with Crippen LogP contribution in [0.15, 0.2) is 78.2 Å². The van der Waals surface area contributed by atoms with Crippen LogP contribution in [0.5, 0.6) is 23.0 Å². The number of nitrogens with two attached hydrogens (primary N) is 1. The predicted octanol–water partition coefficient (Wildman–Crippen LogP) is 4.59. The van der Waals surface area contributed by atoms with Crippen molar-refractivity contribution in [2.75, 3.05) is 13.2 Å². The number of nitriles is 1. The molecule has 1 heterocycles. The van der Waals surface area contributed by atoms with Gasteiger partial charge in [0.2, 0.25) is 5.88 Å². The van der Waals surface area contributed by atoms with Crippen molar-refractivity contribution in [3.05, 3.63) is 99.4 Å². The van der Waals surface area contributed by atoms with Crippen LogP contribution < -0.4 is 24.7 Å². The second-order valence-corrected chi connectivity index (χ2v) is 8.03. The molecule has 1 unspecified atom stereocenters. The van der Waals surface area contributed by atoms with E-state index >= 15 is 0 Å². The molecule has 3 aromatic carbocycles. The minimum Gasteiger partial charge on any atom is -0.494 e. The number of nitrogens with zero attached hydrogens (tertiary/aromatic N) is 2. The van der Waals surface area contributed by atoms with Crippen LogP contribution in [0.4, 0.5) is 5.69 Å². The highest BCUT2D eigenvalue weighted by molar-refractivity contribution is 5.74. The quantitative estimate of drug-likeness (QED) is 0.192. The lowest BCUT2D eigenvalue weighted by Crippen LogP contribution is -2.22. The molecule has 3 aromatic rings. The highest BCUT2D eigenvalue weighted by atomic mass is 16.6.